The second-order valence-electron chi connectivity index (χ2n) is 4.34. The fraction of sp³-hybridized carbons (Fsp3) is 0.200. The summed E-state index contributed by atoms with van der Waals surface area (Å²) < 4.78 is 0. The first kappa shape index (κ1) is 9.61. The molecule has 3 rings (SSSR count). The second-order valence-corrected chi connectivity index (χ2v) is 4.34. The molecule has 0 heterocycles. The predicted octanol–water partition coefficient (Wildman–Crippen LogP) is 3.26. The second kappa shape index (κ2) is 3.76. The minimum atomic E-state index is -0.304. The normalized spacial score (nSPS) is 23.1. The lowest BCUT2D eigenvalue weighted by Crippen LogP contribution is -1.95. The van der Waals surface area contributed by atoms with Crippen molar-refractivity contribution in [2.75, 3.05) is 0 Å². The summed E-state index contributed by atoms with van der Waals surface area (Å²) in [5.74, 6) is 0.354. The Morgan fingerprint density at radius 3 is 2.19 bits per heavy atom. The lowest BCUT2D eigenvalue weighted by molar-refractivity contribution is 0.176. The highest BCUT2D eigenvalue weighted by Gasteiger charge is 2.29. The highest BCUT2D eigenvalue weighted by atomic mass is 16.3. The van der Waals surface area contributed by atoms with Gasteiger partial charge in [0.2, 0.25) is 0 Å². The molecule has 0 aliphatic heterocycles. The van der Waals surface area contributed by atoms with Gasteiger partial charge in [0.1, 0.15) is 0 Å². The zero-order chi connectivity index (χ0) is 11.0. The first-order valence-corrected chi connectivity index (χ1v) is 5.68. The van der Waals surface area contributed by atoms with Gasteiger partial charge in [-0.1, -0.05) is 54.6 Å². The van der Waals surface area contributed by atoms with Gasteiger partial charge < -0.3 is 5.11 Å². The molecule has 1 aliphatic carbocycles. The van der Waals surface area contributed by atoms with Gasteiger partial charge in [-0.05, 0) is 23.1 Å². The van der Waals surface area contributed by atoms with Crippen LogP contribution in [0.2, 0.25) is 0 Å². The topological polar surface area (TPSA) is 20.2 Å². The molecule has 2 aromatic rings. The average molecular weight is 210 g/mol. The standard InChI is InChI=1S/C15H14O/c16-15-10-14(11-6-2-1-3-7-11)12-8-4-5-9-13(12)15/h1-9,14-16H,10H2/t14-,15+/m0/s1. The van der Waals surface area contributed by atoms with Crippen LogP contribution in [-0.4, -0.2) is 5.11 Å². The Morgan fingerprint density at radius 2 is 1.44 bits per heavy atom. The summed E-state index contributed by atoms with van der Waals surface area (Å²) in [7, 11) is 0. The van der Waals surface area contributed by atoms with E-state index in [4.69, 9.17) is 0 Å². The molecule has 0 aromatic heterocycles. The van der Waals surface area contributed by atoms with Crippen LogP contribution in [0.1, 0.15) is 35.1 Å². The molecule has 16 heavy (non-hydrogen) atoms. The van der Waals surface area contributed by atoms with E-state index >= 15 is 0 Å². The van der Waals surface area contributed by atoms with Gasteiger partial charge in [-0.2, -0.15) is 0 Å². The van der Waals surface area contributed by atoms with Crippen LogP contribution in [0.25, 0.3) is 0 Å². The molecule has 0 amide bonds. The molecule has 0 radical (unpaired) electrons. The Hall–Kier alpha value is -1.60. The van der Waals surface area contributed by atoms with Gasteiger partial charge in [0.05, 0.1) is 6.10 Å². The van der Waals surface area contributed by atoms with E-state index in [0.29, 0.717) is 5.92 Å². The Morgan fingerprint density at radius 1 is 0.812 bits per heavy atom. The number of aliphatic hydroxyl groups is 1. The van der Waals surface area contributed by atoms with E-state index in [2.05, 4.69) is 30.3 Å². The number of fused-ring (bicyclic) bond motifs is 1. The van der Waals surface area contributed by atoms with Gasteiger partial charge in [-0.3, -0.25) is 0 Å². The number of hydrogen-bond donors (Lipinski definition) is 1. The third-order valence-electron chi connectivity index (χ3n) is 3.39. The largest absolute Gasteiger partial charge is 0.388 e. The molecule has 0 spiro atoms. The Bertz CT molecular complexity index is 490. The Labute approximate surface area is 95.4 Å². The van der Waals surface area contributed by atoms with Gasteiger partial charge in [-0.15, -0.1) is 0 Å². The molecule has 1 aliphatic rings. The summed E-state index contributed by atoms with van der Waals surface area (Å²) in [5, 5.41) is 10.0. The number of rotatable bonds is 1. The molecule has 2 atom stereocenters. The Kier molecular flexibility index (Phi) is 2.26. The maximum absolute atomic E-state index is 10.0. The van der Waals surface area contributed by atoms with E-state index in [1.165, 1.54) is 11.1 Å². The Balaban J connectivity index is 2.07. The summed E-state index contributed by atoms with van der Waals surface area (Å²) in [5.41, 5.74) is 3.67. The molecule has 0 saturated carbocycles. The summed E-state index contributed by atoms with van der Waals surface area (Å²) in [4.78, 5) is 0. The molecule has 80 valence electrons. The third-order valence-corrected chi connectivity index (χ3v) is 3.39. The number of aliphatic hydroxyl groups excluding tert-OH is 1. The molecule has 1 N–H and O–H groups in total. The van der Waals surface area contributed by atoms with Gasteiger partial charge in [0, 0.05) is 5.92 Å². The van der Waals surface area contributed by atoms with Gasteiger partial charge in [0.25, 0.3) is 0 Å². The lowest BCUT2D eigenvalue weighted by atomic mass is 9.93. The van der Waals surface area contributed by atoms with E-state index in [9.17, 15) is 5.11 Å². The van der Waals surface area contributed by atoms with E-state index in [-0.39, 0.29) is 6.10 Å². The smallest absolute Gasteiger partial charge is 0.0802 e. The molecular formula is C15H14O. The summed E-state index contributed by atoms with van der Waals surface area (Å²) >= 11 is 0. The van der Waals surface area contributed by atoms with Crippen LogP contribution < -0.4 is 0 Å². The van der Waals surface area contributed by atoms with E-state index in [0.717, 1.165) is 12.0 Å². The van der Waals surface area contributed by atoms with Gasteiger partial charge in [0.15, 0.2) is 0 Å². The SMILES string of the molecule is O[C@@H]1C[C@@H](c2ccccc2)c2ccccc21. The predicted molar refractivity (Wildman–Crippen MR) is 64.3 cm³/mol. The molecule has 0 saturated heterocycles. The van der Waals surface area contributed by atoms with E-state index in [1.807, 2.05) is 24.3 Å². The monoisotopic (exact) mass is 210 g/mol. The van der Waals surface area contributed by atoms with Crippen molar-refractivity contribution in [1.29, 1.82) is 0 Å². The highest BCUT2D eigenvalue weighted by molar-refractivity contribution is 5.43. The molecule has 1 heteroatoms. The number of benzene rings is 2. The van der Waals surface area contributed by atoms with Crippen molar-refractivity contribution in [2.45, 2.75) is 18.4 Å². The molecule has 0 unspecified atom stereocenters. The van der Waals surface area contributed by atoms with Crippen LogP contribution in [0.5, 0.6) is 0 Å². The molecule has 0 bridgehead atoms. The van der Waals surface area contributed by atoms with Crippen molar-refractivity contribution in [3.63, 3.8) is 0 Å². The van der Waals surface area contributed by atoms with Crippen LogP contribution in [0.4, 0.5) is 0 Å². The summed E-state index contributed by atoms with van der Waals surface area (Å²) in [6, 6.07) is 18.6. The van der Waals surface area contributed by atoms with Crippen molar-refractivity contribution in [2.24, 2.45) is 0 Å². The van der Waals surface area contributed by atoms with Crippen molar-refractivity contribution >= 4 is 0 Å². The minimum Gasteiger partial charge on any atom is -0.388 e. The van der Waals surface area contributed by atoms with Gasteiger partial charge in [-0.25, -0.2) is 0 Å². The molecular weight excluding hydrogens is 196 g/mol. The third kappa shape index (κ3) is 1.44. The fourth-order valence-electron chi connectivity index (χ4n) is 2.61. The van der Waals surface area contributed by atoms with Crippen LogP contribution in [0, 0.1) is 0 Å². The van der Waals surface area contributed by atoms with Gasteiger partial charge >= 0.3 is 0 Å². The maximum atomic E-state index is 10.0. The fourth-order valence-corrected chi connectivity index (χ4v) is 2.61. The quantitative estimate of drug-likeness (QED) is 0.766. The number of hydrogen-bond acceptors (Lipinski definition) is 1. The zero-order valence-corrected chi connectivity index (χ0v) is 9.01. The zero-order valence-electron chi connectivity index (χ0n) is 9.01. The summed E-state index contributed by atoms with van der Waals surface area (Å²) in [6.45, 7) is 0. The van der Waals surface area contributed by atoms with Crippen LogP contribution >= 0.6 is 0 Å². The van der Waals surface area contributed by atoms with Crippen molar-refractivity contribution in [3.05, 3.63) is 71.3 Å². The van der Waals surface area contributed by atoms with Crippen molar-refractivity contribution < 1.29 is 5.11 Å². The molecule has 0 fully saturated rings. The minimum absolute atomic E-state index is 0.304. The van der Waals surface area contributed by atoms with Crippen LogP contribution in [-0.2, 0) is 0 Å². The highest BCUT2D eigenvalue weighted by Crippen LogP contribution is 2.43. The first-order valence-electron chi connectivity index (χ1n) is 5.68. The van der Waals surface area contributed by atoms with Crippen LogP contribution in [0.15, 0.2) is 54.6 Å². The van der Waals surface area contributed by atoms with Crippen molar-refractivity contribution in [1.82, 2.24) is 0 Å². The van der Waals surface area contributed by atoms with E-state index < -0.39 is 0 Å². The maximum Gasteiger partial charge on any atom is 0.0802 e. The summed E-state index contributed by atoms with van der Waals surface area (Å²) in [6.07, 6.45) is 0.505. The lowest BCUT2D eigenvalue weighted by Gasteiger charge is -2.11. The molecule has 1 nitrogen and oxygen atoms in total. The average Bonchev–Trinajstić information content (AvgIpc) is 2.69. The van der Waals surface area contributed by atoms with Crippen molar-refractivity contribution in [3.8, 4) is 0 Å². The molecule has 2 aromatic carbocycles. The van der Waals surface area contributed by atoms with Crippen LogP contribution in [0.3, 0.4) is 0 Å². The van der Waals surface area contributed by atoms with E-state index in [1.54, 1.807) is 0 Å². The first-order chi connectivity index (χ1) is 7.86.